The number of hydrogen-bond donors (Lipinski definition) is 0. The first-order chi connectivity index (χ1) is 11.1. The van der Waals surface area contributed by atoms with Crippen LogP contribution in [0, 0.1) is 5.41 Å². The lowest BCUT2D eigenvalue weighted by molar-refractivity contribution is 0.240. The largest absolute Gasteiger partial charge is 0.298 e. The molecule has 1 aliphatic heterocycles. The smallest absolute Gasteiger partial charge is 0.0627 e. The predicted molar refractivity (Wildman–Crippen MR) is 97.4 cm³/mol. The van der Waals surface area contributed by atoms with Gasteiger partial charge in [-0.1, -0.05) is 66.5 Å². The third kappa shape index (κ3) is 2.69. The Kier molecular flexibility index (Phi) is 3.91. The number of likely N-dealkylation sites (tertiary alicyclic amines) is 1. The number of halogens is 2. The van der Waals surface area contributed by atoms with Gasteiger partial charge in [0.15, 0.2) is 0 Å². The van der Waals surface area contributed by atoms with Gasteiger partial charge in [-0.05, 0) is 41.0 Å². The lowest BCUT2D eigenvalue weighted by Crippen LogP contribution is -2.30. The highest BCUT2D eigenvalue weighted by molar-refractivity contribution is 6.42. The van der Waals surface area contributed by atoms with Gasteiger partial charge in [-0.25, -0.2) is 0 Å². The Morgan fingerprint density at radius 3 is 2.70 bits per heavy atom. The van der Waals surface area contributed by atoms with Crippen LogP contribution in [0.25, 0.3) is 0 Å². The van der Waals surface area contributed by atoms with Crippen molar-refractivity contribution in [1.29, 1.82) is 0 Å². The molecule has 0 radical (unpaired) electrons. The van der Waals surface area contributed by atoms with Crippen molar-refractivity contribution in [1.82, 2.24) is 4.90 Å². The monoisotopic (exact) mass is 345 g/mol. The quantitative estimate of drug-likeness (QED) is 0.690. The first-order valence-corrected chi connectivity index (χ1v) is 9.05. The standard InChI is InChI=1S/C20H21Cl2N/c1-20-10-9-16-15(7-8-18(21)19(16)22)17(20)12-23(13-20)11-14-5-3-2-4-6-14/h2-8,17H,9-13H2,1H3. The zero-order chi connectivity index (χ0) is 16.0. The van der Waals surface area contributed by atoms with Crippen LogP contribution in [0.4, 0.5) is 0 Å². The number of nitrogens with zero attached hydrogens (tertiary/aromatic N) is 1. The SMILES string of the molecule is CC12CCc3c(ccc(Cl)c3Cl)C1CN(Cc1ccccc1)C2. The third-order valence-electron chi connectivity index (χ3n) is 5.67. The summed E-state index contributed by atoms with van der Waals surface area (Å²) in [5, 5.41) is 1.46. The fourth-order valence-electron chi connectivity index (χ4n) is 4.45. The third-order valence-corrected chi connectivity index (χ3v) is 6.51. The summed E-state index contributed by atoms with van der Waals surface area (Å²) in [6, 6.07) is 14.9. The van der Waals surface area contributed by atoms with Crippen molar-refractivity contribution in [2.45, 2.75) is 32.2 Å². The van der Waals surface area contributed by atoms with Crippen LogP contribution < -0.4 is 0 Å². The summed E-state index contributed by atoms with van der Waals surface area (Å²) in [5.74, 6) is 0.560. The second kappa shape index (κ2) is 5.81. The molecule has 1 saturated heterocycles. The van der Waals surface area contributed by atoms with Gasteiger partial charge in [0.1, 0.15) is 0 Å². The van der Waals surface area contributed by atoms with Crippen LogP contribution in [-0.4, -0.2) is 18.0 Å². The molecule has 2 aliphatic rings. The van der Waals surface area contributed by atoms with Crippen molar-refractivity contribution in [3.63, 3.8) is 0 Å². The van der Waals surface area contributed by atoms with Gasteiger partial charge in [-0.2, -0.15) is 0 Å². The Labute approximate surface area is 148 Å². The van der Waals surface area contributed by atoms with Gasteiger partial charge in [0.25, 0.3) is 0 Å². The molecular formula is C20H21Cl2N. The van der Waals surface area contributed by atoms with E-state index in [9.17, 15) is 0 Å². The van der Waals surface area contributed by atoms with Crippen molar-refractivity contribution in [2.24, 2.45) is 5.41 Å². The highest BCUT2D eigenvalue weighted by Gasteiger charge is 2.46. The summed E-state index contributed by atoms with van der Waals surface area (Å²) in [4.78, 5) is 2.59. The molecule has 2 atom stereocenters. The molecule has 23 heavy (non-hydrogen) atoms. The van der Waals surface area contributed by atoms with Gasteiger partial charge >= 0.3 is 0 Å². The van der Waals surface area contributed by atoms with Crippen LogP contribution >= 0.6 is 23.2 Å². The number of rotatable bonds is 2. The van der Waals surface area contributed by atoms with E-state index in [1.807, 2.05) is 6.07 Å². The molecule has 2 aromatic carbocycles. The topological polar surface area (TPSA) is 3.24 Å². The molecule has 120 valence electrons. The maximum atomic E-state index is 6.47. The molecule has 1 heterocycles. The number of fused-ring (bicyclic) bond motifs is 3. The fraction of sp³-hybridized carbons (Fsp3) is 0.400. The Balaban J connectivity index is 1.63. The van der Waals surface area contributed by atoms with Crippen LogP contribution in [0.1, 0.15) is 36.0 Å². The summed E-state index contributed by atoms with van der Waals surface area (Å²) in [5.41, 5.74) is 4.44. The number of hydrogen-bond acceptors (Lipinski definition) is 1. The first-order valence-electron chi connectivity index (χ1n) is 8.30. The average molecular weight is 346 g/mol. The fourth-order valence-corrected chi connectivity index (χ4v) is 4.90. The van der Waals surface area contributed by atoms with Gasteiger partial charge in [0.2, 0.25) is 0 Å². The zero-order valence-corrected chi connectivity index (χ0v) is 14.9. The summed E-state index contributed by atoms with van der Waals surface area (Å²) >= 11 is 12.7. The Hall–Kier alpha value is -1.02. The molecule has 1 fully saturated rings. The van der Waals surface area contributed by atoms with Crippen molar-refractivity contribution in [2.75, 3.05) is 13.1 Å². The minimum Gasteiger partial charge on any atom is -0.298 e. The van der Waals surface area contributed by atoms with Crippen molar-refractivity contribution in [3.8, 4) is 0 Å². The van der Waals surface area contributed by atoms with Gasteiger partial charge in [0.05, 0.1) is 10.0 Å². The molecule has 2 unspecified atom stereocenters. The van der Waals surface area contributed by atoms with Gasteiger partial charge in [-0.3, -0.25) is 4.90 Å². The van der Waals surface area contributed by atoms with Gasteiger partial charge < -0.3 is 0 Å². The van der Waals surface area contributed by atoms with Crippen LogP contribution in [0.2, 0.25) is 10.0 Å². The highest BCUT2D eigenvalue weighted by Crippen LogP contribution is 2.52. The van der Waals surface area contributed by atoms with E-state index >= 15 is 0 Å². The maximum absolute atomic E-state index is 6.47. The van der Waals surface area contributed by atoms with Crippen LogP contribution in [0.5, 0.6) is 0 Å². The molecule has 0 saturated carbocycles. The van der Waals surface area contributed by atoms with E-state index in [0.717, 1.165) is 31.1 Å². The Morgan fingerprint density at radius 2 is 1.91 bits per heavy atom. The molecule has 2 aromatic rings. The van der Waals surface area contributed by atoms with Crippen molar-refractivity contribution < 1.29 is 0 Å². The first kappa shape index (κ1) is 15.5. The molecule has 0 N–H and O–H groups in total. The maximum Gasteiger partial charge on any atom is 0.0627 e. The van der Waals surface area contributed by atoms with Gasteiger partial charge in [-0.15, -0.1) is 0 Å². The zero-order valence-electron chi connectivity index (χ0n) is 13.4. The van der Waals surface area contributed by atoms with Crippen LogP contribution in [0.15, 0.2) is 42.5 Å². The van der Waals surface area contributed by atoms with E-state index in [1.165, 1.54) is 23.1 Å². The van der Waals surface area contributed by atoms with E-state index < -0.39 is 0 Å². The molecular weight excluding hydrogens is 325 g/mol. The molecule has 1 nitrogen and oxygen atoms in total. The van der Waals surface area contributed by atoms with Gasteiger partial charge in [0, 0.05) is 25.6 Å². The lowest BCUT2D eigenvalue weighted by Gasteiger charge is -2.37. The number of benzene rings is 2. The van der Waals surface area contributed by atoms with E-state index in [2.05, 4.69) is 48.2 Å². The summed E-state index contributed by atoms with van der Waals surface area (Å²) < 4.78 is 0. The summed E-state index contributed by atoms with van der Waals surface area (Å²) in [6.07, 6.45) is 2.23. The normalized spacial score (nSPS) is 26.8. The van der Waals surface area contributed by atoms with E-state index in [1.54, 1.807) is 0 Å². The summed E-state index contributed by atoms with van der Waals surface area (Å²) in [6.45, 7) is 5.74. The molecule has 3 heteroatoms. The Bertz CT molecular complexity index is 728. The highest BCUT2D eigenvalue weighted by atomic mass is 35.5. The summed E-state index contributed by atoms with van der Waals surface area (Å²) in [7, 11) is 0. The van der Waals surface area contributed by atoms with E-state index in [-0.39, 0.29) is 0 Å². The molecule has 0 bridgehead atoms. The van der Waals surface area contributed by atoms with Crippen LogP contribution in [0.3, 0.4) is 0 Å². The molecule has 0 spiro atoms. The van der Waals surface area contributed by atoms with Crippen molar-refractivity contribution in [3.05, 3.63) is 69.2 Å². The lowest BCUT2D eigenvalue weighted by atomic mass is 9.67. The second-order valence-electron chi connectivity index (χ2n) is 7.29. The minimum atomic E-state index is 0.346. The average Bonchev–Trinajstić information content (AvgIpc) is 2.88. The molecule has 1 aliphatic carbocycles. The Morgan fingerprint density at radius 1 is 1.13 bits per heavy atom. The van der Waals surface area contributed by atoms with E-state index in [4.69, 9.17) is 23.2 Å². The minimum absolute atomic E-state index is 0.346. The predicted octanol–water partition coefficient (Wildman–Crippen LogP) is 5.55. The molecule has 4 rings (SSSR count). The van der Waals surface area contributed by atoms with Crippen LogP contribution in [-0.2, 0) is 13.0 Å². The van der Waals surface area contributed by atoms with Crippen molar-refractivity contribution >= 4 is 23.2 Å². The van der Waals surface area contributed by atoms with E-state index in [0.29, 0.717) is 16.4 Å². The molecule has 0 amide bonds. The molecule has 0 aromatic heterocycles. The second-order valence-corrected chi connectivity index (χ2v) is 8.08.